The molecule has 2 nitrogen and oxygen atoms in total. The maximum atomic E-state index is 13.9. The Labute approximate surface area is 147 Å². The number of ketones is 1. The van der Waals surface area contributed by atoms with Gasteiger partial charge in [-0.15, -0.1) is 0 Å². The molecular weight excluding hydrogens is 334 g/mol. The van der Waals surface area contributed by atoms with Crippen LogP contribution in [0, 0.1) is 11.7 Å². The number of Topliss-reactive ketones (excluding diaryl/α,β-unsaturated/α-hetero) is 1. The van der Waals surface area contributed by atoms with Crippen molar-refractivity contribution in [2.24, 2.45) is 5.92 Å². The van der Waals surface area contributed by atoms with Gasteiger partial charge in [-0.3, -0.25) is 4.79 Å². The first-order valence-corrected chi connectivity index (χ1v) is 8.48. The van der Waals surface area contributed by atoms with Crippen molar-refractivity contribution in [3.63, 3.8) is 0 Å². The Hall–Kier alpha value is -1.43. The van der Waals surface area contributed by atoms with E-state index in [0.29, 0.717) is 18.9 Å². The van der Waals surface area contributed by atoms with E-state index in [1.54, 1.807) is 0 Å². The molecule has 0 aromatic heterocycles. The van der Waals surface area contributed by atoms with Gasteiger partial charge in [-0.05, 0) is 57.7 Å². The van der Waals surface area contributed by atoms with Gasteiger partial charge in [0.15, 0.2) is 5.78 Å². The van der Waals surface area contributed by atoms with Crippen LogP contribution in [0.3, 0.4) is 0 Å². The minimum atomic E-state index is -4.55. The highest BCUT2D eigenvalue weighted by Gasteiger charge is 2.31. The Kier molecular flexibility index (Phi) is 7.18. The summed E-state index contributed by atoms with van der Waals surface area (Å²) in [7, 11) is 0. The number of hydrogen-bond acceptors (Lipinski definition) is 2. The number of carbonyl (C=O) groups is 1. The molecule has 6 heteroatoms. The second kappa shape index (κ2) is 8.30. The standard InChI is InChI=1S/C19H27F4NO/c1-12(2)17(25)16(24-18(3,4)5)8-6-7-13-9-10-14(11-15(13)20)19(21,22)23/h9-12,16,24H,6-8H2,1-5H3. The molecule has 1 unspecified atom stereocenters. The number of carbonyl (C=O) groups excluding carboxylic acids is 1. The van der Waals surface area contributed by atoms with Gasteiger partial charge in [-0.1, -0.05) is 19.9 Å². The fourth-order valence-corrected chi connectivity index (χ4v) is 2.63. The fraction of sp³-hybridized carbons (Fsp3) is 0.632. The molecule has 0 saturated heterocycles. The van der Waals surface area contributed by atoms with E-state index in [1.807, 2.05) is 34.6 Å². The van der Waals surface area contributed by atoms with E-state index in [9.17, 15) is 22.4 Å². The van der Waals surface area contributed by atoms with Gasteiger partial charge >= 0.3 is 6.18 Å². The first-order valence-electron chi connectivity index (χ1n) is 8.48. The van der Waals surface area contributed by atoms with Crippen molar-refractivity contribution in [3.05, 3.63) is 35.1 Å². The Morgan fingerprint density at radius 3 is 2.20 bits per heavy atom. The smallest absolute Gasteiger partial charge is 0.303 e. The molecule has 0 fully saturated rings. The quantitative estimate of drug-likeness (QED) is 0.681. The lowest BCUT2D eigenvalue weighted by Crippen LogP contribution is -2.49. The normalized spacial score (nSPS) is 14.0. The summed E-state index contributed by atoms with van der Waals surface area (Å²) in [6.45, 7) is 9.54. The van der Waals surface area contributed by atoms with E-state index < -0.39 is 17.6 Å². The van der Waals surface area contributed by atoms with E-state index in [1.165, 1.54) is 6.07 Å². The molecule has 1 rings (SSSR count). The van der Waals surface area contributed by atoms with Crippen molar-refractivity contribution in [2.45, 2.75) is 71.6 Å². The lowest BCUT2D eigenvalue weighted by molar-refractivity contribution is -0.137. The van der Waals surface area contributed by atoms with E-state index in [2.05, 4.69) is 5.32 Å². The van der Waals surface area contributed by atoms with Gasteiger partial charge in [0.2, 0.25) is 0 Å². The van der Waals surface area contributed by atoms with Crippen LogP contribution in [-0.4, -0.2) is 17.4 Å². The third kappa shape index (κ3) is 7.14. The second-order valence-electron chi connectivity index (χ2n) is 7.70. The van der Waals surface area contributed by atoms with Crippen LogP contribution in [-0.2, 0) is 17.4 Å². The van der Waals surface area contributed by atoms with Crippen LogP contribution in [0.4, 0.5) is 17.6 Å². The molecule has 0 heterocycles. The Bertz CT molecular complexity index is 588. The van der Waals surface area contributed by atoms with Gasteiger partial charge in [0, 0.05) is 11.5 Å². The molecule has 0 bridgehead atoms. The van der Waals surface area contributed by atoms with Crippen LogP contribution in [0.15, 0.2) is 18.2 Å². The summed E-state index contributed by atoms with van der Waals surface area (Å²) in [5.74, 6) is -0.893. The van der Waals surface area contributed by atoms with Crippen LogP contribution in [0.25, 0.3) is 0 Å². The maximum absolute atomic E-state index is 13.9. The summed E-state index contributed by atoms with van der Waals surface area (Å²) < 4.78 is 51.6. The molecule has 0 amide bonds. The van der Waals surface area contributed by atoms with Crippen molar-refractivity contribution in [2.75, 3.05) is 0 Å². The topological polar surface area (TPSA) is 29.1 Å². The molecule has 142 valence electrons. The van der Waals surface area contributed by atoms with Gasteiger partial charge in [0.05, 0.1) is 11.6 Å². The number of aryl methyl sites for hydroxylation is 1. The first-order chi connectivity index (χ1) is 11.3. The predicted octanol–water partition coefficient (Wildman–Crippen LogP) is 5.15. The lowest BCUT2D eigenvalue weighted by Gasteiger charge is -2.29. The SMILES string of the molecule is CC(C)C(=O)C(CCCc1ccc(C(F)(F)F)cc1F)NC(C)(C)C. The molecule has 25 heavy (non-hydrogen) atoms. The monoisotopic (exact) mass is 361 g/mol. The van der Waals surface area contributed by atoms with Gasteiger partial charge < -0.3 is 5.32 Å². The van der Waals surface area contributed by atoms with Gasteiger partial charge in [-0.25, -0.2) is 4.39 Å². The Morgan fingerprint density at radius 1 is 1.16 bits per heavy atom. The fourth-order valence-electron chi connectivity index (χ4n) is 2.63. The van der Waals surface area contributed by atoms with Crippen molar-refractivity contribution in [1.29, 1.82) is 0 Å². The summed E-state index contributed by atoms with van der Waals surface area (Å²) in [6.07, 6.45) is -3.24. The lowest BCUT2D eigenvalue weighted by atomic mass is 9.93. The summed E-state index contributed by atoms with van der Waals surface area (Å²) in [5, 5.41) is 3.28. The number of hydrogen-bond donors (Lipinski definition) is 1. The van der Waals surface area contributed by atoms with Crippen LogP contribution < -0.4 is 5.32 Å². The summed E-state index contributed by atoms with van der Waals surface area (Å²) >= 11 is 0. The van der Waals surface area contributed by atoms with Gasteiger partial charge in [0.1, 0.15) is 5.82 Å². The predicted molar refractivity (Wildman–Crippen MR) is 90.9 cm³/mol. The third-order valence-electron chi connectivity index (χ3n) is 3.84. The average Bonchev–Trinajstić information content (AvgIpc) is 2.44. The van der Waals surface area contributed by atoms with Crippen molar-refractivity contribution in [1.82, 2.24) is 5.32 Å². The zero-order valence-corrected chi connectivity index (χ0v) is 15.4. The number of alkyl halides is 3. The zero-order valence-electron chi connectivity index (χ0n) is 15.4. The molecule has 1 N–H and O–H groups in total. The molecule has 0 aliphatic carbocycles. The molecule has 0 aliphatic rings. The number of rotatable bonds is 7. The maximum Gasteiger partial charge on any atom is 0.416 e. The van der Waals surface area contributed by atoms with E-state index in [-0.39, 0.29) is 35.3 Å². The number of halogens is 4. The van der Waals surface area contributed by atoms with E-state index in [4.69, 9.17) is 0 Å². The third-order valence-corrected chi connectivity index (χ3v) is 3.84. The number of benzene rings is 1. The van der Waals surface area contributed by atoms with E-state index in [0.717, 1.165) is 6.07 Å². The van der Waals surface area contributed by atoms with Crippen molar-refractivity contribution in [3.8, 4) is 0 Å². The minimum Gasteiger partial charge on any atom is -0.303 e. The largest absolute Gasteiger partial charge is 0.416 e. The van der Waals surface area contributed by atoms with E-state index >= 15 is 0 Å². The molecule has 0 spiro atoms. The first kappa shape index (κ1) is 21.6. The Balaban J connectivity index is 2.74. The Morgan fingerprint density at radius 2 is 1.76 bits per heavy atom. The molecule has 0 radical (unpaired) electrons. The van der Waals surface area contributed by atoms with Crippen molar-refractivity contribution < 1.29 is 22.4 Å². The van der Waals surface area contributed by atoms with Crippen LogP contribution in [0.2, 0.25) is 0 Å². The molecule has 1 aromatic carbocycles. The van der Waals surface area contributed by atoms with Gasteiger partial charge in [0.25, 0.3) is 0 Å². The highest BCUT2D eigenvalue weighted by molar-refractivity contribution is 5.85. The molecule has 1 aromatic rings. The summed E-state index contributed by atoms with van der Waals surface area (Å²) in [4.78, 5) is 12.3. The highest BCUT2D eigenvalue weighted by atomic mass is 19.4. The minimum absolute atomic E-state index is 0.0859. The van der Waals surface area contributed by atoms with Crippen molar-refractivity contribution >= 4 is 5.78 Å². The highest BCUT2D eigenvalue weighted by Crippen LogP contribution is 2.30. The molecule has 0 saturated carbocycles. The van der Waals surface area contributed by atoms with Gasteiger partial charge in [-0.2, -0.15) is 13.2 Å². The summed E-state index contributed by atoms with van der Waals surface area (Å²) in [5.41, 5.74) is -0.995. The molecule has 1 atom stereocenters. The second-order valence-corrected chi connectivity index (χ2v) is 7.70. The average molecular weight is 361 g/mol. The van der Waals surface area contributed by atoms with Crippen LogP contribution in [0.5, 0.6) is 0 Å². The zero-order chi connectivity index (χ0) is 19.4. The van der Waals surface area contributed by atoms with Crippen LogP contribution in [0.1, 0.15) is 58.6 Å². The van der Waals surface area contributed by atoms with Crippen LogP contribution >= 0.6 is 0 Å². The molecule has 0 aliphatic heterocycles. The molecular formula is C19H27F4NO. The summed E-state index contributed by atoms with van der Waals surface area (Å²) in [6, 6.07) is 2.24. The number of nitrogens with one attached hydrogen (secondary N) is 1.